The highest BCUT2D eigenvalue weighted by atomic mass is 19.4. The highest BCUT2D eigenvalue weighted by Crippen LogP contribution is 2.49. The molecule has 2 aliphatic heterocycles. The van der Waals surface area contributed by atoms with E-state index in [1.54, 1.807) is 12.4 Å². The third-order valence-electron chi connectivity index (χ3n) is 6.14. The van der Waals surface area contributed by atoms with Crippen molar-refractivity contribution in [2.75, 3.05) is 31.5 Å². The van der Waals surface area contributed by atoms with Crippen molar-refractivity contribution in [1.29, 1.82) is 0 Å². The second-order valence-electron chi connectivity index (χ2n) is 8.77. The molecule has 5 rings (SSSR count). The number of carboxylic acids is 2. The molecule has 4 heterocycles. The van der Waals surface area contributed by atoms with Crippen molar-refractivity contribution in [3.8, 4) is 0 Å². The first-order chi connectivity index (χ1) is 17.8. The molecule has 17 heteroatoms. The van der Waals surface area contributed by atoms with Crippen molar-refractivity contribution in [2.24, 2.45) is 17.8 Å². The molecule has 11 nitrogen and oxygen atoms in total. The van der Waals surface area contributed by atoms with Gasteiger partial charge < -0.3 is 20.8 Å². The van der Waals surface area contributed by atoms with Crippen LogP contribution >= 0.6 is 0 Å². The van der Waals surface area contributed by atoms with Gasteiger partial charge in [0.05, 0.1) is 24.5 Å². The summed E-state index contributed by atoms with van der Waals surface area (Å²) in [5.74, 6) is -2.04. The average Bonchev–Trinajstić information content (AvgIpc) is 3.18. The number of anilines is 1. The highest BCUT2D eigenvalue weighted by molar-refractivity contribution is 5.73. The summed E-state index contributed by atoms with van der Waals surface area (Å²) in [6.45, 7) is 7.54. The molecule has 2 aromatic heterocycles. The first-order valence-electron chi connectivity index (χ1n) is 11.4. The fourth-order valence-electron chi connectivity index (χ4n) is 4.30. The number of rotatable bonds is 5. The Bertz CT molecular complexity index is 1060. The summed E-state index contributed by atoms with van der Waals surface area (Å²) in [5.41, 5.74) is 2.39. The fourth-order valence-corrected chi connectivity index (χ4v) is 4.30. The minimum atomic E-state index is -5.08. The van der Waals surface area contributed by atoms with Crippen LogP contribution < -0.4 is 10.6 Å². The molecule has 0 bridgehead atoms. The van der Waals surface area contributed by atoms with Crippen LogP contribution in [0, 0.1) is 17.8 Å². The topological polar surface area (TPSA) is 146 Å². The van der Waals surface area contributed by atoms with E-state index in [9.17, 15) is 26.3 Å². The van der Waals surface area contributed by atoms with E-state index in [-0.39, 0.29) is 0 Å². The molecule has 1 saturated carbocycles. The lowest BCUT2D eigenvalue weighted by molar-refractivity contribution is -0.193. The van der Waals surface area contributed by atoms with Crippen LogP contribution in [0.2, 0.25) is 0 Å². The first-order valence-corrected chi connectivity index (χ1v) is 11.4. The Morgan fingerprint density at radius 1 is 1.00 bits per heavy atom. The van der Waals surface area contributed by atoms with Crippen LogP contribution in [0.4, 0.5) is 32.3 Å². The van der Waals surface area contributed by atoms with Gasteiger partial charge in [0, 0.05) is 32.0 Å². The molecule has 3 aliphatic rings. The zero-order valence-corrected chi connectivity index (χ0v) is 19.7. The molecule has 0 aromatic carbocycles. The smallest absolute Gasteiger partial charge is 0.475 e. The Balaban J connectivity index is 0.000000239. The Kier molecular flexibility index (Phi) is 9.14. The summed E-state index contributed by atoms with van der Waals surface area (Å²) >= 11 is 0. The second kappa shape index (κ2) is 11.9. The molecular formula is C21H25F6N7O4. The Morgan fingerprint density at radius 2 is 1.55 bits per heavy atom. The van der Waals surface area contributed by atoms with Gasteiger partial charge in [-0.2, -0.15) is 31.4 Å². The van der Waals surface area contributed by atoms with Crippen molar-refractivity contribution < 1.29 is 46.1 Å². The average molecular weight is 553 g/mol. The Morgan fingerprint density at radius 3 is 2.08 bits per heavy atom. The number of carbonyl (C=O) groups is 2. The van der Waals surface area contributed by atoms with Gasteiger partial charge in [0.1, 0.15) is 0 Å². The summed E-state index contributed by atoms with van der Waals surface area (Å²) in [6, 6.07) is 4.04. The van der Waals surface area contributed by atoms with E-state index >= 15 is 0 Å². The molecule has 2 aromatic rings. The molecule has 1 saturated heterocycles. The third kappa shape index (κ3) is 8.27. The number of carboxylic acid groups (broad SMARTS) is 2. The molecule has 2 fully saturated rings. The van der Waals surface area contributed by atoms with Crippen molar-refractivity contribution in [2.45, 2.75) is 32.0 Å². The number of halogens is 6. The zero-order valence-electron chi connectivity index (χ0n) is 19.7. The van der Waals surface area contributed by atoms with Gasteiger partial charge in [0.2, 0.25) is 5.95 Å². The minimum Gasteiger partial charge on any atom is -0.475 e. The molecule has 1 unspecified atom stereocenters. The van der Waals surface area contributed by atoms with Crippen molar-refractivity contribution in [3.63, 3.8) is 0 Å². The number of hydrogen-bond donors (Lipinski definition) is 4. The van der Waals surface area contributed by atoms with E-state index in [2.05, 4.69) is 36.2 Å². The molecule has 1 aliphatic carbocycles. The summed E-state index contributed by atoms with van der Waals surface area (Å²) in [6.07, 6.45) is -6.68. The molecule has 0 spiro atoms. The van der Waals surface area contributed by atoms with Crippen LogP contribution in [0.15, 0.2) is 24.5 Å². The number of hydrogen-bond acceptors (Lipinski definition) is 8. The normalized spacial score (nSPS) is 22.1. The third-order valence-corrected chi connectivity index (χ3v) is 6.14. The lowest BCUT2D eigenvalue weighted by Gasteiger charge is -2.28. The van der Waals surface area contributed by atoms with Gasteiger partial charge in [-0.15, -0.1) is 0 Å². The van der Waals surface area contributed by atoms with E-state index in [1.165, 1.54) is 25.3 Å². The molecule has 210 valence electrons. The maximum atomic E-state index is 10.6. The predicted molar refractivity (Wildman–Crippen MR) is 118 cm³/mol. The van der Waals surface area contributed by atoms with Crippen LogP contribution in [-0.4, -0.2) is 85.3 Å². The lowest BCUT2D eigenvalue weighted by Crippen LogP contribution is -2.36. The number of nitrogens with one attached hydrogen (secondary N) is 2. The SMILES string of the molecule is O=C(O)C(F)(F)F.O=C(O)C(F)(F)F.c1cnc(NCc2cc3n(n2)CCN(CC2[C@H]4CNC[C@@H]24)C3)nc1. The Labute approximate surface area is 211 Å². The fraction of sp³-hybridized carbons (Fsp3) is 0.571. The van der Waals surface area contributed by atoms with Crippen molar-refractivity contribution in [1.82, 2.24) is 30.0 Å². The summed E-state index contributed by atoms with van der Waals surface area (Å²) in [4.78, 5) is 28.8. The maximum absolute atomic E-state index is 10.6. The van der Waals surface area contributed by atoms with Crippen molar-refractivity contribution >= 4 is 17.9 Å². The Hall–Kier alpha value is -3.47. The van der Waals surface area contributed by atoms with Gasteiger partial charge in [-0.25, -0.2) is 19.6 Å². The van der Waals surface area contributed by atoms with Gasteiger partial charge in [-0.05, 0) is 43.0 Å². The minimum absolute atomic E-state index is 0.652. The van der Waals surface area contributed by atoms with Gasteiger partial charge in [-0.3, -0.25) is 9.58 Å². The van der Waals surface area contributed by atoms with Crippen LogP contribution in [-0.2, 0) is 29.2 Å². The number of fused-ring (bicyclic) bond motifs is 2. The quantitative estimate of drug-likeness (QED) is 0.405. The zero-order chi connectivity index (χ0) is 28.1. The molecule has 38 heavy (non-hydrogen) atoms. The number of nitrogens with zero attached hydrogens (tertiary/aromatic N) is 5. The molecule has 0 amide bonds. The predicted octanol–water partition coefficient (Wildman–Crippen LogP) is 1.83. The molecular weight excluding hydrogens is 528 g/mol. The van der Waals surface area contributed by atoms with Crippen molar-refractivity contribution in [3.05, 3.63) is 35.9 Å². The van der Waals surface area contributed by atoms with Gasteiger partial charge in [-0.1, -0.05) is 0 Å². The van der Waals surface area contributed by atoms with Crippen LogP contribution in [0.3, 0.4) is 0 Å². The summed E-state index contributed by atoms with van der Waals surface area (Å²) in [7, 11) is 0. The summed E-state index contributed by atoms with van der Waals surface area (Å²) in [5, 5.41) is 25.7. The van der Waals surface area contributed by atoms with Crippen LogP contribution in [0.5, 0.6) is 0 Å². The number of aliphatic carboxylic acids is 2. The monoisotopic (exact) mass is 553 g/mol. The second-order valence-corrected chi connectivity index (χ2v) is 8.77. The van der Waals surface area contributed by atoms with E-state index in [0.29, 0.717) is 12.5 Å². The first kappa shape index (κ1) is 29.1. The van der Waals surface area contributed by atoms with Gasteiger partial charge in [0.25, 0.3) is 0 Å². The van der Waals surface area contributed by atoms with E-state index in [4.69, 9.17) is 24.9 Å². The molecule has 4 N–H and O–H groups in total. The largest absolute Gasteiger partial charge is 0.490 e. The molecule has 0 radical (unpaired) electrons. The highest BCUT2D eigenvalue weighted by Gasteiger charge is 2.53. The van der Waals surface area contributed by atoms with E-state index in [1.807, 2.05) is 6.07 Å². The van der Waals surface area contributed by atoms with Gasteiger partial charge in [0.15, 0.2) is 0 Å². The standard InChI is InChI=1S/C17H23N7.2C2HF3O2/c1-2-19-17(20-3-1)21-7-12-6-13-10-23(4-5-24(13)22-12)11-16-14-8-18-9-15(14)16;2*3-2(4,5)1(6)7/h1-3,6,14-16,18H,4-5,7-11H2,(H,19,20,21);2*(H,6,7)/t14-,15+,16?;;. The number of alkyl halides is 6. The van der Waals surface area contributed by atoms with Crippen LogP contribution in [0.25, 0.3) is 0 Å². The number of aromatic nitrogens is 4. The number of piperidine rings is 1. The van der Waals surface area contributed by atoms with E-state index < -0.39 is 24.3 Å². The van der Waals surface area contributed by atoms with E-state index in [0.717, 1.165) is 43.1 Å². The maximum Gasteiger partial charge on any atom is 0.490 e. The molecule has 3 atom stereocenters. The summed E-state index contributed by atoms with van der Waals surface area (Å²) < 4.78 is 65.6. The van der Waals surface area contributed by atoms with Gasteiger partial charge >= 0.3 is 24.3 Å². The lowest BCUT2D eigenvalue weighted by atomic mass is 10.2. The van der Waals surface area contributed by atoms with Crippen LogP contribution in [0.1, 0.15) is 11.4 Å².